The van der Waals surface area contributed by atoms with Crippen LogP contribution in [0.3, 0.4) is 0 Å². The number of aromatic nitrogens is 4. The molecule has 32 heavy (non-hydrogen) atoms. The Labute approximate surface area is 193 Å². The van der Waals surface area contributed by atoms with Crippen molar-refractivity contribution in [1.82, 2.24) is 19.5 Å². The fourth-order valence-electron chi connectivity index (χ4n) is 3.41. The van der Waals surface area contributed by atoms with Gasteiger partial charge in [-0.05, 0) is 42.8 Å². The molecule has 0 N–H and O–H groups in total. The van der Waals surface area contributed by atoms with Gasteiger partial charge in [-0.2, -0.15) is 0 Å². The maximum Gasteiger partial charge on any atom is 0.228 e. The van der Waals surface area contributed by atoms with Crippen molar-refractivity contribution in [2.75, 3.05) is 0 Å². The number of pyridine rings is 1. The summed E-state index contributed by atoms with van der Waals surface area (Å²) in [5.74, 6) is 1.64. The third-order valence-corrected chi connectivity index (χ3v) is 6.48. The summed E-state index contributed by atoms with van der Waals surface area (Å²) >= 11 is 7.91. The maximum atomic E-state index is 13.2. The predicted molar refractivity (Wildman–Crippen MR) is 124 cm³/mol. The number of thioether (sulfide) groups is 1. The summed E-state index contributed by atoms with van der Waals surface area (Å²) in [5.41, 5.74) is 4.34. The summed E-state index contributed by atoms with van der Waals surface area (Å²) in [7, 11) is 0. The Kier molecular flexibility index (Phi) is 5.68. The Morgan fingerprint density at radius 3 is 2.69 bits per heavy atom. The van der Waals surface area contributed by atoms with Crippen LogP contribution in [0.2, 0.25) is 5.02 Å². The summed E-state index contributed by atoms with van der Waals surface area (Å²) in [6.45, 7) is 2.37. The first-order valence-electron chi connectivity index (χ1n) is 9.97. The van der Waals surface area contributed by atoms with E-state index in [1.807, 2.05) is 37.3 Å². The third-order valence-electron chi connectivity index (χ3n) is 5.10. The van der Waals surface area contributed by atoms with Crippen molar-refractivity contribution in [2.45, 2.75) is 24.4 Å². The second-order valence-electron chi connectivity index (χ2n) is 7.26. The number of rotatable bonds is 6. The number of oxazole rings is 1. The van der Waals surface area contributed by atoms with Crippen molar-refractivity contribution in [1.29, 1.82) is 0 Å². The van der Waals surface area contributed by atoms with Crippen molar-refractivity contribution in [3.05, 3.63) is 94.8 Å². The number of halogens is 2. The molecule has 0 radical (unpaired) electrons. The van der Waals surface area contributed by atoms with E-state index in [0.29, 0.717) is 23.2 Å². The Balaban J connectivity index is 1.48. The van der Waals surface area contributed by atoms with Crippen LogP contribution in [0.4, 0.5) is 4.39 Å². The van der Waals surface area contributed by atoms with Crippen molar-refractivity contribution < 1.29 is 8.81 Å². The molecule has 0 saturated heterocycles. The highest BCUT2D eigenvalue weighted by molar-refractivity contribution is 7.98. The number of hydrogen-bond acceptors (Lipinski definition) is 5. The van der Waals surface area contributed by atoms with Crippen LogP contribution in [0, 0.1) is 12.7 Å². The highest BCUT2D eigenvalue weighted by atomic mass is 35.5. The molecule has 0 atom stereocenters. The van der Waals surface area contributed by atoms with Gasteiger partial charge in [-0.15, -0.1) is 0 Å². The van der Waals surface area contributed by atoms with Crippen molar-refractivity contribution in [3.8, 4) is 11.5 Å². The average molecular weight is 465 g/mol. The lowest BCUT2D eigenvalue weighted by Gasteiger charge is -2.07. The average Bonchev–Trinajstić information content (AvgIpc) is 3.34. The Bertz CT molecular complexity index is 1400. The Morgan fingerprint density at radius 1 is 1.06 bits per heavy atom. The summed E-state index contributed by atoms with van der Waals surface area (Å²) < 4.78 is 21.2. The number of imidazole rings is 1. The molecule has 3 aromatic heterocycles. The molecule has 5 nitrogen and oxygen atoms in total. The molecule has 5 aromatic rings. The first-order valence-corrected chi connectivity index (χ1v) is 11.3. The van der Waals surface area contributed by atoms with E-state index < -0.39 is 0 Å². The normalized spacial score (nSPS) is 11.3. The minimum Gasteiger partial charge on any atom is -0.441 e. The van der Waals surface area contributed by atoms with Gasteiger partial charge in [0.15, 0.2) is 5.16 Å². The fraction of sp³-hybridized carbons (Fsp3) is 0.125. The van der Waals surface area contributed by atoms with Gasteiger partial charge in [-0.3, -0.25) is 4.98 Å². The SMILES string of the molecule is Cc1oc(-c2ccccc2Cl)nc1Cn1c(SCc2ccc(F)cc2)nc2ccncc21. The minimum atomic E-state index is -0.243. The topological polar surface area (TPSA) is 56.7 Å². The lowest BCUT2D eigenvalue weighted by molar-refractivity contribution is 0.537. The summed E-state index contributed by atoms with van der Waals surface area (Å²) in [5, 5.41) is 1.42. The molecular formula is C24H18ClFN4OS. The second-order valence-corrected chi connectivity index (χ2v) is 8.61. The first-order chi connectivity index (χ1) is 15.6. The van der Waals surface area contributed by atoms with Crippen molar-refractivity contribution in [2.24, 2.45) is 0 Å². The van der Waals surface area contributed by atoms with E-state index in [2.05, 4.69) is 9.55 Å². The standard InChI is InChI=1S/C24H18ClFN4OS/c1-15-21(28-23(31-15)18-4-2-3-5-19(18)25)13-30-22-12-27-11-10-20(22)29-24(30)32-14-16-6-8-17(26)9-7-16/h2-12H,13-14H2,1H3. The lowest BCUT2D eigenvalue weighted by atomic mass is 10.2. The zero-order valence-electron chi connectivity index (χ0n) is 17.1. The molecule has 8 heteroatoms. The number of aryl methyl sites for hydroxylation is 1. The predicted octanol–water partition coefficient (Wildman–Crippen LogP) is 6.53. The van der Waals surface area contributed by atoms with E-state index in [1.165, 1.54) is 12.1 Å². The van der Waals surface area contributed by atoms with E-state index in [1.54, 1.807) is 36.3 Å². The van der Waals surface area contributed by atoms with E-state index in [-0.39, 0.29) is 5.82 Å². The smallest absolute Gasteiger partial charge is 0.228 e. The van der Waals surface area contributed by atoms with E-state index in [4.69, 9.17) is 26.0 Å². The number of fused-ring (bicyclic) bond motifs is 1. The zero-order valence-corrected chi connectivity index (χ0v) is 18.7. The van der Waals surface area contributed by atoms with Crippen LogP contribution in [0.15, 0.2) is 76.6 Å². The molecule has 160 valence electrons. The molecule has 5 rings (SSSR count). The first kappa shape index (κ1) is 20.7. The molecule has 0 bridgehead atoms. The molecule has 0 unspecified atom stereocenters. The van der Waals surface area contributed by atoms with Crippen LogP contribution < -0.4 is 0 Å². The third kappa shape index (κ3) is 4.13. The van der Waals surface area contributed by atoms with Crippen LogP contribution in [0.5, 0.6) is 0 Å². The number of hydrogen-bond donors (Lipinski definition) is 0. The monoisotopic (exact) mass is 464 g/mol. The summed E-state index contributed by atoms with van der Waals surface area (Å²) in [6.07, 6.45) is 3.53. The number of nitrogens with zero attached hydrogens (tertiary/aromatic N) is 4. The molecular weight excluding hydrogens is 447 g/mol. The molecule has 2 aromatic carbocycles. The largest absolute Gasteiger partial charge is 0.441 e. The van der Waals surface area contributed by atoms with E-state index in [0.717, 1.165) is 38.8 Å². The number of benzene rings is 2. The van der Waals surface area contributed by atoms with Crippen LogP contribution in [-0.2, 0) is 12.3 Å². The Morgan fingerprint density at radius 2 is 1.88 bits per heavy atom. The van der Waals surface area contributed by atoms with Gasteiger partial charge in [0.2, 0.25) is 5.89 Å². The van der Waals surface area contributed by atoms with Crippen LogP contribution in [0.25, 0.3) is 22.5 Å². The quantitative estimate of drug-likeness (QED) is 0.267. The molecule has 3 heterocycles. The summed E-state index contributed by atoms with van der Waals surface area (Å²) in [4.78, 5) is 13.8. The van der Waals surface area contributed by atoms with E-state index >= 15 is 0 Å². The molecule has 0 aliphatic heterocycles. The van der Waals surface area contributed by atoms with Crippen LogP contribution >= 0.6 is 23.4 Å². The molecule has 0 aliphatic carbocycles. The zero-order chi connectivity index (χ0) is 22.1. The highest BCUT2D eigenvalue weighted by Crippen LogP contribution is 2.31. The van der Waals surface area contributed by atoms with Gasteiger partial charge >= 0.3 is 0 Å². The molecule has 0 saturated carbocycles. The van der Waals surface area contributed by atoms with Crippen molar-refractivity contribution in [3.63, 3.8) is 0 Å². The molecule has 0 aliphatic rings. The van der Waals surface area contributed by atoms with Gasteiger partial charge in [0, 0.05) is 11.9 Å². The maximum absolute atomic E-state index is 13.2. The minimum absolute atomic E-state index is 0.243. The fourth-order valence-corrected chi connectivity index (χ4v) is 4.60. The summed E-state index contributed by atoms with van der Waals surface area (Å²) in [6, 6.07) is 15.9. The van der Waals surface area contributed by atoms with Crippen LogP contribution in [-0.4, -0.2) is 19.5 Å². The van der Waals surface area contributed by atoms with Crippen molar-refractivity contribution >= 4 is 34.4 Å². The second kappa shape index (κ2) is 8.76. The molecule has 0 fully saturated rings. The highest BCUT2D eigenvalue weighted by Gasteiger charge is 2.18. The molecule has 0 amide bonds. The van der Waals surface area contributed by atoms with Gasteiger partial charge in [0.05, 0.1) is 34.4 Å². The van der Waals surface area contributed by atoms with Crippen LogP contribution in [0.1, 0.15) is 17.0 Å². The van der Waals surface area contributed by atoms with E-state index in [9.17, 15) is 4.39 Å². The van der Waals surface area contributed by atoms with Gasteiger partial charge in [-0.25, -0.2) is 14.4 Å². The van der Waals surface area contributed by atoms with Gasteiger partial charge in [0.1, 0.15) is 17.3 Å². The Hall–Kier alpha value is -3.16. The molecule has 0 spiro atoms. The van der Waals surface area contributed by atoms with Gasteiger partial charge in [0.25, 0.3) is 0 Å². The van der Waals surface area contributed by atoms with Gasteiger partial charge < -0.3 is 8.98 Å². The van der Waals surface area contributed by atoms with Gasteiger partial charge in [-0.1, -0.05) is 47.6 Å². The lowest BCUT2D eigenvalue weighted by Crippen LogP contribution is -2.03.